The Bertz CT molecular complexity index is 886. The monoisotopic (exact) mass is 367 g/mol. The molecular formula is C20H17NO4S. The van der Waals surface area contributed by atoms with E-state index in [0.29, 0.717) is 36.2 Å². The molecule has 1 N–H and O–H groups in total. The molecule has 1 aromatic carbocycles. The number of ether oxygens (including phenoxy) is 1. The van der Waals surface area contributed by atoms with Crippen molar-refractivity contribution < 1.29 is 19.1 Å². The zero-order valence-electron chi connectivity index (χ0n) is 13.9. The van der Waals surface area contributed by atoms with Gasteiger partial charge in [-0.2, -0.15) is 0 Å². The summed E-state index contributed by atoms with van der Waals surface area (Å²) in [5, 5.41) is 4.69. The molecule has 1 aliphatic heterocycles. The minimum atomic E-state index is -0.915. The summed E-state index contributed by atoms with van der Waals surface area (Å²) in [5.74, 6) is -0.903. The summed E-state index contributed by atoms with van der Waals surface area (Å²) in [6.45, 7) is 0. The molecular weight excluding hydrogens is 350 g/mol. The van der Waals surface area contributed by atoms with Crippen molar-refractivity contribution >= 4 is 29.0 Å². The summed E-state index contributed by atoms with van der Waals surface area (Å²) < 4.78 is 5.45. The highest BCUT2D eigenvalue weighted by Crippen LogP contribution is 2.42. The third kappa shape index (κ3) is 2.97. The van der Waals surface area contributed by atoms with Crippen LogP contribution in [0.2, 0.25) is 0 Å². The molecule has 0 saturated carbocycles. The second-order valence-corrected chi connectivity index (χ2v) is 7.32. The average molecular weight is 367 g/mol. The summed E-state index contributed by atoms with van der Waals surface area (Å²) in [6.07, 6.45) is 1.70. The van der Waals surface area contributed by atoms with E-state index in [1.165, 1.54) is 11.3 Å². The third-order valence-corrected chi connectivity index (χ3v) is 5.66. The Balaban J connectivity index is 1.73. The number of amides is 1. The number of Topliss-reactive ketones (excluding diaryl/α,β-unsaturated/α-hetero) is 1. The van der Waals surface area contributed by atoms with E-state index < -0.39 is 17.9 Å². The number of hydrogen-bond acceptors (Lipinski definition) is 5. The first kappa shape index (κ1) is 16.7. The van der Waals surface area contributed by atoms with Gasteiger partial charge in [0.2, 0.25) is 0 Å². The molecule has 5 nitrogen and oxygen atoms in total. The maximum atomic E-state index is 12.7. The summed E-state index contributed by atoms with van der Waals surface area (Å²) in [6, 6.07) is 11.6. The van der Waals surface area contributed by atoms with Crippen molar-refractivity contribution in [2.24, 2.45) is 0 Å². The van der Waals surface area contributed by atoms with Gasteiger partial charge in [0.05, 0.1) is 5.92 Å². The van der Waals surface area contributed by atoms with Crippen LogP contribution in [0, 0.1) is 0 Å². The Morgan fingerprint density at radius 1 is 1.08 bits per heavy atom. The number of nitrogens with one attached hydrogen (secondary N) is 1. The molecule has 0 radical (unpaired) electrons. The molecule has 1 aromatic heterocycles. The fourth-order valence-electron chi connectivity index (χ4n) is 3.51. The van der Waals surface area contributed by atoms with Crippen LogP contribution < -0.4 is 5.32 Å². The van der Waals surface area contributed by atoms with E-state index in [0.717, 1.165) is 4.88 Å². The van der Waals surface area contributed by atoms with E-state index >= 15 is 0 Å². The lowest BCUT2D eigenvalue weighted by Gasteiger charge is -2.35. The standard InChI is InChI=1S/C20H17NO4S/c22-13-8-4-9-14-16(13)17(15-10-5-11-26-15)18(20(24)25-14)21-19(23)12-6-2-1-3-7-12/h1-3,5-7,10-11,17-18H,4,8-9H2,(H,21,23)/t17-,18-/m1/s1. The smallest absolute Gasteiger partial charge is 0.334 e. The number of ketones is 1. The summed E-state index contributed by atoms with van der Waals surface area (Å²) in [5.41, 5.74) is 0.997. The molecule has 2 aliphatic rings. The van der Waals surface area contributed by atoms with Crippen molar-refractivity contribution in [3.8, 4) is 0 Å². The maximum absolute atomic E-state index is 12.7. The van der Waals surface area contributed by atoms with Crippen LogP contribution in [0.5, 0.6) is 0 Å². The Morgan fingerprint density at radius 3 is 2.62 bits per heavy atom. The quantitative estimate of drug-likeness (QED) is 0.846. The first-order chi connectivity index (χ1) is 12.6. The number of carbonyl (C=O) groups is 3. The number of esters is 1. The molecule has 0 unspecified atom stereocenters. The Labute approximate surface area is 154 Å². The molecule has 0 saturated heterocycles. The van der Waals surface area contributed by atoms with E-state index in [1.807, 2.05) is 23.6 Å². The molecule has 0 bridgehead atoms. The normalized spacial score (nSPS) is 22.6. The molecule has 2 atom stereocenters. The highest BCUT2D eigenvalue weighted by Gasteiger charge is 2.45. The van der Waals surface area contributed by atoms with E-state index in [9.17, 15) is 14.4 Å². The third-order valence-electron chi connectivity index (χ3n) is 4.70. The maximum Gasteiger partial charge on any atom is 0.334 e. The van der Waals surface area contributed by atoms with Gasteiger partial charge in [-0.3, -0.25) is 9.59 Å². The number of benzene rings is 1. The second-order valence-electron chi connectivity index (χ2n) is 6.34. The fraction of sp³-hybridized carbons (Fsp3) is 0.250. The van der Waals surface area contributed by atoms with Crippen molar-refractivity contribution in [2.75, 3.05) is 0 Å². The van der Waals surface area contributed by atoms with Crippen molar-refractivity contribution in [1.29, 1.82) is 0 Å². The van der Waals surface area contributed by atoms with Gasteiger partial charge in [0.1, 0.15) is 11.8 Å². The van der Waals surface area contributed by atoms with Gasteiger partial charge < -0.3 is 10.1 Å². The first-order valence-electron chi connectivity index (χ1n) is 8.52. The van der Waals surface area contributed by atoms with Crippen LogP contribution in [-0.4, -0.2) is 23.7 Å². The van der Waals surface area contributed by atoms with Gasteiger partial charge in [0, 0.05) is 28.9 Å². The topological polar surface area (TPSA) is 72.5 Å². The van der Waals surface area contributed by atoms with Gasteiger partial charge in [-0.15, -0.1) is 11.3 Å². The van der Waals surface area contributed by atoms with Crippen LogP contribution in [0.25, 0.3) is 0 Å². The lowest BCUT2D eigenvalue weighted by Crippen LogP contribution is -2.50. The lowest BCUT2D eigenvalue weighted by atomic mass is 9.80. The molecule has 2 heterocycles. The number of hydrogen-bond donors (Lipinski definition) is 1. The van der Waals surface area contributed by atoms with Crippen LogP contribution in [0.4, 0.5) is 0 Å². The van der Waals surface area contributed by atoms with E-state index in [4.69, 9.17) is 4.74 Å². The average Bonchev–Trinajstić information content (AvgIpc) is 3.18. The predicted molar refractivity (Wildman–Crippen MR) is 96.7 cm³/mol. The molecule has 26 heavy (non-hydrogen) atoms. The number of allylic oxidation sites excluding steroid dienone is 1. The molecule has 132 valence electrons. The van der Waals surface area contributed by atoms with Crippen LogP contribution in [0.15, 0.2) is 59.2 Å². The molecule has 2 aromatic rings. The van der Waals surface area contributed by atoms with E-state index in [2.05, 4.69) is 5.32 Å². The zero-order valence-corrected chi connectivity index (χ0v) is 14.8. The largest absolute Gasteiger partial charge is 0.429 e. The molecule has 1 aliphatic carbocycles. The zero-order chi connectivity index (χ0) is 18.1. The SMILES string of the molecule is O=C1CCCC2=C1[C@@H](c1cccs1)[C@@H](NC(=O)c1ccccc1)C(=O)O2. The number of thiophene rings is 1. The molecule has 6 heteroatoms. The fourth-order valence-corrected chi connectivity index (χ4v) is 4.38. The summed E-state index contributed by atoms with van der Waals surface area (Å²) in [7, 11) is 0. The minimum absolute atomic E-state index is 0.00360. The van der Waals surface area contributed by atoms with Crippen molar-refractivity contribution in [2.45, 2.75) is 31.2 Å². The second kappa shape index (κ2) is 6.88. The molecule has 0 fully saturated rings. The predicted octanol–water partition coefficient (Wildman–Crippen LogP) is 3.19. The van der Waals surface area contributed by atoms with Crippen LogP contribution in [-0.2, 0) is 14.3 Å². The van der Waals surface area contributed by atoms with Crippen molar-refractivity contribution in [1.82, 2.24) is 5.32 Å². The lowest BCUT2D eigenvalue weighted by molar-refractivity contribution is -0.144. The van der Waals surface area contributed by atoms with E-state index in [-0.39, 0.29) is 11.7 Å². The summed E-state index contributed by atoms with van der Waals surface area (Å²) in [4.78, 5) is 38.7. The van der Waals surface area contributed by atoms with Crippen LogP contribution in [0.3, 0.4) is 0 Å². The van der Waals surface area contributed by atoms with Crippen LogP contribution >= 0.6 is 11.3 Å². The Hall–Kier alpha value is -2.73. The van der Waals surface area contributed by atoms with Gasteiger partial charge in [0.15, 0.2) is 5.78 Å². The highest BCUT2D eigenvalue weighted by molar-refractivity contribution is 7.10. The van der Waals surface area contributed by atoms with Gasteiger partial charge in [0.25, 0.3) is 5.91 Å². The van der Waals surface area contributed by atoms with Crippen molar-refractivity contribution in [3.05, 3.63) is 69.6 Å². The molecule has 0 spiro atoms. The Morgan fingerprint density at radius 2 is 1.88 bits per heavy atom. The Kier molecular flexibility index (Phi) is 4.42. The number of carbonyl (C=O) groups excluding carboxylic acids is 3. The minimum Gasteiger partial charge on any atom is -0.429 e. The van der Waals surface area contributed by atoms with Gasteiger partial charge in [-0.1, -0.05) is 24.3 Å². The number of rotatable bonds is 3. The van der Waals surface area contributed by atoms with Crippen LogP contribution in [0.1, 0.15) is 40.4 Å². The van der Waals surface area contributed by atoms with E-state index in [1.54, 1.807) is 24.3 Å². The van der Waals surface area contributed by atoms with Gasteiger partial charge in [-0.05, 0) is 30.0 Å². The first-order valence-corrected chi connectivity index (χ1v) is 9.40. The molecule has 4 rings (SSSR count). The van der Waals surface area contributed by atoms with Gasteiger partial charge in [-0.25, -0.2) is 4.79 Å². The van der Waals surface area contributed by atoms with Gasteiger partial charge >= 0.3 is 5.97 Å². The highest BCUT2D eigenvalue weighted by atomic mass is 32.1. The van der Waals surface area contributed by atoms with Crippen molar-refractivity contribution in [3.63, 3.8) is 0 Å². The summed E-state index contributed by atoms with van der Waals surface area (Å²) >= 11 is 1.47. The molecule has 1 amide bonds.